The van der Waals surface area contributed by atoms with Gasteiger partial charge >= 0.3 is 0 Å². The normalized spacial score (nSPS) is 56.8. The van der Waals surface area contributed by atoms with Crippen LogP contribution < -0.4 is 0 Å². The molecule has 0 aromatic heterocycles. The highest BCUT2D eigenvalue weighted by molar-refractivity contribution is 6.04. The number of ketones is 1. The monoisotopic (exact) mass is 334 g/mol. The summed E-state index contributed by atoms with van der Waals surface area (Å²) >= 11 is 0. The number of fused-ring (bicyclic) bond motifs is 3. The Kier molecular flexibility index (Phi) is 3.44. The molecule has 2 unspecified atom stereocenters. The SMILES string of the molecule is C=C1C(=O)C23C(O)C[C@@H]4[C@@](C)(CO)CCC[C@@]4(C)[C@@H]2CC[C@@H]1[C@H]3O. The maximum atomic E-state index is 13.1. The van der Waals surface area contributed by atoms with Gasteiger partial charge in [-0.2, -0.15) is 0 Å². The molecule has 2 bridgehead atoms. The number of aliphatic hydroxyl groups is 3. The zero-order valence-electron chi connectivity index (χ0n) is 14.8. The lowest BCUT2D eigenvalue weighted by Crippen LogP contribution is -2.67. The van der Waals surface area contributed by atoms with Crippen molar-refractivity contribution < 1.29 is 20.1 Å². The van der Waals surface area contributed by atoms with E-state index in [0.29, 0.717) is 12.0 Å². The zero-order chi connectivity index (χ0) is 17.5. The van der Waals surface area contributed by atoms with Crippen LogP contribution in [0.3, 0.4) is 0 Å². The largest absolute Gasteiger partial charge is 0.396 e. The van der Waals surface area contributed by atoms with E-state index in [4.69, 9.17) is 0 Å². The average Bonchev–Trinajstić information content (AvgIpc) is 2.66. The lowest BCUT2D eigenvalue weighted by Gasteiger charge is -2.65. The van der Waals surface area contributed by atoms with Crippen LogP contribution in [-0.4, -0.2) is 39.9 Å². The number of carbonyl (C=O) groups is 1. The van der Waals surface area contributed by atoms with Gasteiger partial charge in [0.2, 0.25) is 0 Å². The number of hydrogen-bond acceptors (Lipinski definition) is 4. The van der Waals surface area contributed by atoms with Crippen LogP contribution in [0.1, 0.15) is 52.4 Å². The first-order valence-corrected chi connectivity index (χ1v) is 9.44. The van der Waals surface area contributed by atoms with E-state index in [9.17, 15) is 20.1 Å². The molecule has 4 fully saturated rings. The van der Waals surface area contributed by atoms with Gasteiger partial charge in [-0.1, -0.05) is 26.8 Å². The molecule has 3 N–H and O–H groups in total. The number of Topliss-reactive ketones (excluding diaryl/α,β-unsaturated/α-hetero) is 1. The van der Waals surface area contributed by atoms with Crippen LogP contribution in [0.4, 0.5) is 0 Å². The summed E-state index contributed by atoms with van der Waals surface area (Å²) in [5, 5.41) is 32.2. The Balaban J connectivity index is 1.86. The Morgan fingerprint density at radius 2 is 1.88 bits per heavy atom. The Bertz CT molecular complexity index is 600. The van der Waals surface area contributed by atoms with Crippen LogP contribution >= 0.6 is 0 Å². The number of carbonyl (C=O) groups excluding carboxylic acids is 1. The molecule has 134 valence electrons. The first-order chi connectivity index (χ1) is 11.2. The molecule has 0 saturated heterocycles. The fourth-order valence-corrected chi connectivity index (χ4v) is 7.44. The summed E-state index contributed by atoms with van der Waals surface area (Å²) in [7, 11) is 0. The molecule has 0 aliphatic heterocycles. The molecule has 4 rings (SSSR count). The molecule has 8 atom stereocenters. The molecular weight excluding hydrogens is 304 g/mol. The Morgan fingerprint density at radius 1 is 1.17 bits per heavy atom. The lowest BCUT2D eigenvalue weighted by atomic mass is 9.39. The summed E-state index contributed by atoms with van der Waals surface area (Å²) in [6, 6.07) is 0. The predicted octanol–water partition coefficient (Wildman–Crippen LogP) is 2.07. The average molecular weight is 334 g/mol. The van der Waals surface area contributed by atoms with Gasteiger partial charge in [0, 0.05) is 12.5 Å². The van der Waals surface area contributed by atoms with Crippen LogP contribution in [0.15, 0.2) is 12.2 Å². The fourth-order valence-electron chi connectivity index (χ4n) is 7.44. The lowest BCUT2D eigenvalue weighted by molar-refractivity contribution is -0.230. The second-order valence-electron chi connectivity index (χ2n) is 9.44. The van der Waals surface area contributed by atoms with Crippen molar-refractivity contribution >= 4 is 5.78 Å². The third-order valence-corrected chi connectivity index (χ3v) is 8.61. The molecule has 0 aromatic rings. The van der Waals surface area contributed by atoms with Gasteiger partial charge in [0.05, 0.1) is 17.6 Å². The van der Waals surface area contributed by atoms with Crippen LogP contribution in [-0.2, 0) is 4.79 Å². The molecule has 0 heterocycles. The summed E-state index contributed by atoms with van der Waals surface area (Å²) in [4.78, 5) is 13.1. The quantitative estimate of drug-likeness (QED) is 0.642. The summed E-state index contributed by atoms with van der Waals surface area (Å²) in [5.41, 5.74) is -0.872. The van der Waals surface area contributed by atoms with E-state index < -0.39 is 17.6 Å². The van der Waals surface area contributed by atoms with Gasteiger partial charge in [0.25, 0.3) is 0 Å². The minimum atomic E-state index is -1.06. The van der Waals surface area contributed by atoms with Gasteiger partial charge < -0.3 is 15.3 Å². The Labute approximate surface area is 144 Å². The van der Waals surface area contributed by atoms with Crippen molar-refractivity contribution in [2.24, 2.45) is 34.0 Å². The summed E-state index contributed by atoms with van der Waals surface area (Å²) in [6.07, 6.45) is 3.49. The third kappa shape index (κ3) is 1.63. The second kappa shape index (κ2) is 4.93. The Hall–Kier alpha value is -0.710. The van der Waals surface area contributed by atoms with Crippen molar-refractivity contribution in [3.8, 4) is 0 Å². The van der Waals surface area contributed by atoms with Crippen LogP contribution in [0.2, 0.25) is 0 Å². The van der Waals surface area contributed by atoms with Crippen molar-refractivity contribution in [1.29, 1.82) is 0 Å². The van der Waals surface area contributed by atoms with Crippen molar-refractivity contribution in [2.75, 3.05) is 6.61 Å². The maximum absolute atomic E-state index is 13.1. The van der Waals surface area contributed by atoms with Gasteiger partial charge in [-0.25, -0.2) is 0 Å². The van der Waals surface area contributed by atoms with Gasteiger partial charge in [-0.3, -0.25) is 4.79 Å². The van der Waals surface area contributed by atoms with Crippen LogP contribution in [0.5, 0.6) is 0 Å². The van der Waals surface area contributed by atoms with Crippen LogP contribution in [0, 0.1) is 34.0 Å². The molecule has 0 radical (unpaired) electrons. The maximum Gasteiger partial charge on any atom is 0.170 e. The van der Waals surface area contributed by atoms with Crippen molar-refractivity contribution in [2.45, 2.75) is 64.6 Å². The van der Waals surface area contributed by atoms with Crippen molar-refractivity contribution in [1.82, 2.24) is 0 Å². The Morgan fingerprint density at radius 3 is 2.54 bits per heavy atom. The fraction of sp³-hybridized carbons (Fsp3) is 0.850. The topological polar surface area (TPSA) is 77.8 Å². The van der Waals surface area contributed by atoms with Crippen molar-refractivity contribution in [3.05, 3.63) is 12.2 Å². The summed E-state index contributed by atoms with van der Waals surface area (Å²) in [5.74, 6) is -0.120. The van der Waals surface area contributed by atoms with Gasteiger partial charge in [0.1, 0.15) is 0 Å². The molecule has 4 heteroatoms. The van der Waals surface area contributed by atoms with E-state index in [1.807, 2.05) is 0 Å². The van der Waals surface area contributed by atoms with E-state index in [-0.39, 0.29) is 41.0 Å². The third-order valence-electron chi connectivity index (χ3n) is 8.61. The molecule has 4 nitrogen and oxygen atoms in total. The minimum Gasteiger partial charge on any atom is -0.396 e. The van der Waals surface area contributed by atoms with Gasteiger partial charge in [-0.15, -0.1) is 0 Å². The predicted molar refractivity (Wildman–Crippen MR) is 90.1 cm³/mol. The standard InChI is InChI=1S/C20H30O4/c1-11-12-5-6-13-19(3)8-4-7-18(2,10-21)14(19)9-15(22)20(13,16(11)23)17(12)24/h12-15,17,21-22,24H,1,4-10H2,2-3H3/t12-,13-,14+,15?,17+,18+,19-,20?/m0/s1. The molecule has 4 saturated carbocycles. The van der Waals surface area contributed by atoms with Crippen LogP contribution in [0.25, 0.3) is 0 Å². The molecule has 4 aliphatic rings. The minimum absolute atomic E-state index is 0.0251. The molecule has 1 spiro atoms. The smallest absolute Gasteiger partial charge is 0.170 e. The second-order valence-corrected chi connectivity index (χ2v) is 9.44. The number of aliphatic hydroxyl groups excluding tert-OH is 3. The highest BCUT2D eigenvalue weighted by Gasteiger charge is 2.73. The molecule has 0 aromatic carbocycles. The summed E-state index contributed by atoms with van der Waals surface area (Å²) in [6.45, 7) is 8.44. The van der Waals surface area contributed by atoms with E-state index in [1.165, 1.54) is 0 Å². The highest BCUT2D eigenvalue weighted by atomic mass is 16.3. The van der Waals surface area contributed by atoms with Gasteiger partial charge in [-0.05, 0) is 60.3 Å². The number of hydrogen-bond donors (Lipinski definition) is 3. The number of rotatable bonds is 1. The zero-order valence-corrected chi connectivity index (χ0v) is 14.8. The molecule has 0 amide bonds. The van der Waals surface area contributed by atoms with E-state index in [0.717, 1.165) is 32.1 Å². The van der Waals surface area contributed by atoms with Gasteiger partial charge in [0.15, 0.2) is 5.78 Å². The first-order valence-electron chi connectivity index (χ1n) is 9.44. The first kappa shape index (κ1) is 16.7. The molecule has 24 heavy (non-hydrogen) atoms. The van der Waals surface area contributed by atoms with E-state index in [1.54, 1.807) is 0 Å². The van der Waals surface area contributed by atoms with E-state index >= 15 is 0 Å². The highest BCUT2D eigenvalue weighted by Crippen LogP contribution is 2.70. The molecule has 4 aliphatic carbocycles. The molecular formula is C20H30O4. The van der Waals surface area contributed by atoms with Crippen molar-refractivity contribution in [3.63, 3.8) is 0 Å². The summed E-state index contributed by atoms with van der Waals surface area (Å²) < 4.78 is 0. The van der Waals surface area contributed by atoms with E-state index in [2.05, 4.69) is 20.4 Å².